The first-order chi connectivity index (χ1) is 8.50. The molecule has 1 aromatic carbocycles. The van der Waals surface area contributed by atoms with E-state index in [4.69, 9.17) is 10.5 Å². The Morgan fingerprint density at radius 1 is 1.37 bits per heavy atom. The number of alkyl carbamates (subject to hydrolysis) is 1. The van der Waals surface area contributed by atoms with Gasteiger partial charge in [-0.2, -0.15) is 0 Å². The van der Waals surface area contributed by atoms with E-state index in [1.165, 1.54) is 6.92 Å². The molecule has 2 atom stereocenters. The van der Waals surface area contributed by atoms with Crippen molar-refractivity contribution in [3.8, 4) is 0 Å². The molecule has 0 spiro atoms. The summed E-state index contributed by atoms with van der Waals surface area (Å²) in [5.74, 6) is -0.897. The summed E-state index contributed by atoms with van der Waals surface area (Å²) in [6.07, 6.45) is -2.15. The highest BCUT2D eigenvalue weighted by molar-refractivity contribution is 5.85. The molecule has 6 nitrogen and oxygen atoms in total. The monoisotopic (exact) mass is 288 g/mol. The molecule has 0 fully saturated rings. The number of primary amides is 1. The number of carbonyl (C=O) groups excluding carboxylic acids is 2. The Hall–Kier alpha value is -1.79. The van der Waals surface area contributed by atoms with Gasteiger partial charge in [0.15, 0.2) is 6.10 Å². The zero-order valence-electron chi connectivity index (χ0n) is 10.4. The number of hydrogen-bond donors (Lipinski definition) is 3. The van der Waals surface area contributed by atoms with Gasteiger partial charge in [0.05, 0.1) is 6.04 Å². The first kappa shape index (κ1) is 17.2. The van der Waals surface area contributed by atoms with Crippen molar-refractivity contribution in [1.29, 1.82) is 0 Å². The molecular weight excluding hydrogens is 272 g/mol. The van der Waals surface area contributed by atoms with Gasteiger partial charge in [-0.1, -0.05) is 30.3 Å². The summed E-state index contributed by atoms with van der Waals surface area (Å²) in [6, 6.07) is 8.34. The number of benzene rings is 1. The lowest BCUT2D eigenvalue weighted by atomic mass is 10.2. The van der Waals surface area contributed by atoms with Crippen LogP contribution in [0.15, 0.2) is 30.3 Å². The molecule has 0 radical (unpaired) electrons. The maximum Gasteiger partial charge on any atom is 0.407 e. The number of rotatable bonds is 5. The Kier molecular flexibility index (Phi) is 7.55. The van der Waals surface area contributed by atoms with Crippen LogP contribution in [-0.4, -0.2) is 29.3 Å². The van der Waals surface area contributed by atoms with Crippen molar-refractivity contribution in [2.45, 2.75) is 25.7 Å². The van der Waals surface area contributed by atoms with Crippen LogP contribution in [0.3, 0.4) is 0 Å². The van der Waals surface area contributed by atoms with Gasteiger partial charge in [0.25, 0.3) is 0 Å². The predicted molar refractivity (Wildman–Crippen MR) is 71.7 cm³/mol. The van der Waals surface area contributed by atoms with Crippen molar-refractivity contribution in [1.82, 2.24) is 5.32 Å². The van der Waals surface area contributed by atoms with E-state index in [2.05, 4.69) is 5.32 Å². The maximum absolute atomic E-state index is 11.4. The van der Waals surface area contributed by atoms with E-state index in [1.807, 2.05) is 30.3 Å². The average Bonchev–Trinajstić information content (AvgIpc) is 2.36. The standard InChI is InChI=1S/C12H16N2O4.ClH/c1-8(10(15)11(13)16)14-12(17)18-7-9-5-3-2-4-6-9;/h2-6,8,10,15H,7H2,1H3,(H2,13,16)(H,14,17);1H. The van der Waals surface area contributed by atoms with E-state index in [-0.39, 0.29) is 19.0 Å². The second-order valence-electron chi connectivity index (χ2n) is 3.84. The van der Waals surface area contributed by atoms with E-state index in [0.717, 1.165) is 5.56 Å². The van der Waals surface area contributed by atoms with Crippen molar-refractivity contribution in [2.75, 3.05) is 0 Å². The molecule has 7 heteroatoms. The normalized spacial score (nSPS) is 12.7. The number of hydrogen-bond acceptors (Lipinski definition) is 4. The molecule has 1 aromatic rings. The zero-order chi connectivity index (χ0) is 13.5. The highest BCUT2D eigenvalue weighted by atomic mass is 35.5. The van der Waals surface area contributed by atoms with Crippen molar-refractivity contribution in [2.24, 2.45) is 5.73 Å². The Morgan fingerprint density at radius 3 is 2.47 bits per heavy atom. The number of ether oxygens (including phenoxy) is 1. The second kappa shape index (κ2) is 8.34. The van der Waals surface area contributed by atoms with Crippen LogP contribution in [0.25, 0.3) is 0 Å². The van der Waals surface area contributed by atoms with Crippen molar-refractivity contribution in [3.05, 3.63) is 35.9 Å². The van der Waals surface area contributed by atoms with E-state index in [1.54, 1.807) is 0 Å². The molecule has 0 bridgehead atoms. The SMILES string of the molecule is CC(NC(=O)OCc1ccccc1)C(O)C(N)=O.Cl. The second-order valence-corrected chi connectivity index (χ2v) is 3.84. The van der Waals surface area contributed by atoms with Crippen LogP contribution in [0.4, 0.5) is 4.79 Å². The van der Waals surface area contributed by atoms with E-state index >= 15 is 0 Å². The topological polar surface area (TPSA) is 102 Å². The van der Waals surface area contributed by atoms with Gasteiger partial charge >= 0.3 is 6.09 Å². The van der Waals surface area contributed by atoms with Gasteiger partial charge in [0.1, 0.15) is 6.61 Å². The Labute approximate surface area is 117 Å². The third-order valence-electron chi connectivity index (χ3n) is 2.32. The lowest BCUT2D eigenvalue weighted by Gasteiger charge is -2.17. The molecule has 106 valence electrons. The molecule has 0 aromatic heterocycles. The minimum atomic E-state index is -1.44. The van der Waals surface area contributed by atoms with Crippen LogP contribution in [0, 0.1) is 0 Å². The van der Waals surface area contributed by atoms with E-state index in [0.29, 0.717) is 0 Å². The number of amides is 2. The van der Waals surface area contributed by atoms with E-state index < -0.39 is 24.1 Å². The first-order valence-corrected chi connectivity index (χ1v) is 5.45. The lowest BCUT2D eigenvalue weighted by Crippen LogP contribution is -2.47. The number of nitrogens with one attached hydrogen (secondary N) is 1. The quantitative estimate of drug-likeness (QED) is 0.737. The summed E-state index contributed by atoms with van der Waals surface area (Å²) in [7, 11) is 0. The van der Waals surface area contributed by atoms with Crippen LogP contribution in [0.5, 0.6) is 0 Å². The van der Waals surface area contributed by atoms with Crippen LogP contribution in [0.2, 0.25) is 0 Å². The van der Waals surface area contributed by atoms with Gasteiger partial charge in [-0.3, -0.25) is 4.79 Å². The minimum Gasteiger partial charge on any atom is -0.445 e. The fourth-order valence-corrected chi connectivity index (χ4v) is 1.28. The summed E-state index contributed by atoms with van der Waals surface area (Å²) >= 11 is 0. The molecule has 0 heterocycles. The molecule has 0 aliphatic rings. The lowest BCUT2D eigenvalue weighted by molar-refractivity contribution is -0.127. The number of aliphatic hydroxyl groups is 1. The van der Waals surface area contributed by atoms with Crippen molar-refractivity contribution in [3.63, 3.8) is 0 Å². The molecule has 2 amide bonds. The molecule has 0 saturated heterocycles. The van der Waals surface area contributed by atoms with Crippen molar-refractivity contribution >= 4 is 24.4 Å². The number of halogens is 1. The molecular formula is C12H17ClN2O4. The maximum atomic E-state index is 11.4. The molecule has 0 aliphatic heterocycles. The van der Waals surface area contributed by atoms with Gasteiger partial charge in [-0.05, 0) is 12.5 Å². The smallest absolute Gasteiger partial charge is 0.407 e. The average molecular weight is 289 g/mol. The van der Waals surface area contributed by atoms with Crippen LogP contribution in [-0.2, 0) is 16.1 Å². The number of nitrogens with two attached hydrogens (primary N) is 1. The third kappa shape index (κ3) is 6.08. The highest BCUT2D eigenvalue weighted by Gasteiger charge is 2.21. The van der Waals surface area contributed by atoms with Crippen molar-refractivity contribution < 1.29 is 19.4 Å². The van der Waals surface area contributed by atoms with Gasteiger partial charge in [-0.15, -0.1) is 12.4 Å². The Morgan fingerprint density at radius 2 is 1.95 bits per heavy atom. The fourth-order valence-electron chi connectivity index (χ4n) is 1.28. The minimum absolute atomic E-state index is 0. The highest BCUT2D eigenvalue weighted by Crippen LogP contribution is 2.01. The number of carbonyl (C=O) groups is 2. The van der Waals surface area contributed by atoms with Gasteiger partial charge < -0.3 is 20.9 Å². The summed E-state index contributed by atoms with van der Waals surface area (Å²) in [4.78, 5) is 22.0. The molecule has 4 N–H and O–H groups in total. The van der Waals surface area contributed by atoms with Crippen LogP contribution < -0.4 is 11.1 Å². The summed E-state index contributed by atoms with van der Waals surface area (Å²) in [5, 5.41) is 11.6. The van der Waals surface area contributed by atoms with Gasteiger partial charge in [-0.25, -0.2) is 4.79 Å². The van der Waals surface area contributed by atoms with Crippen LogP contribution in [0.1, 0.15) is 12.5 Å². The Bertz CT molecular complexity index is 413. The summed E-state index contributed by atoms with van der Waals surface area (Å²) in [5.41, 5.74) is 5.74. The fraction of sp³-hybridized carbons (Fsp3) is 0.333. The molecule has 2 unspecified atom stereocenters. The first-order valence-electron chi connectivity index (χ1n) is 5.45. The molecule has 0 saturated carbocycles. The number of aliphatic hydroxyl groups excluding tert-OH is 1. The molecule has 1 rings (SSSR count). The van der Waals surface area contributed by atoms with Crippen LogP contribution >= 0.6 is 12.4 Å². The Balaban J connectivity index is 0.00000324. The summed E-state index contributed by atoms with van der Waals surface area (Å²) < 4.78 is 4.92. The third-order valence-corrected chi connectivity index (χ3v) is 2.32. The largest absolute Gasteiger partial charge is 0.445 e. The van der Waals surface area contributed by atoms with E-state index in [9.17, 15) is 14.7 Å². The molecule has 19 heavy (non-hydrogen) atoms. The predicted octanol–water partition coefficient (Wildman–Crippen LogP) is 0.569. The molecule has 0 aliphatic carbocycles. The van der Waals surface area contributed by atoms with Gasteiger partial charge in [0, 0.05) is 0 Å². The van der Waals surface area contributed by atoms with Gasteiger partial charge in [0.2, 0.25) is 5.91 Å². The summed E-state index contributed by atoms with van der Waals surface area (Å²) in [6.45, 7) is 1.57. The zero-order valence-corrected chi connectivity index (χ0v) is 11.2.